The molecule has 0 bridgehead atoms. The van der Waals surface area contributed by atoms with Gasteiger partial charge in [0.15, 0.2) is 0 Å². The summed E-state index contributed by atoms with van der Waals surface area (Å²) in [5.74, 6) is -0.364. The Morgan fingerprint density at radius 3 is 2.65 bits per heavy atom. The second-order valence-electron chi connectivity index (χ2n) is 4.90. The highest BCUT2D eigenvalue weighted by Gasteiger charge is 2.13. The molecule has 20 heavy (non-hydrogen) atoms. The number of halogens is 2. The van der Waals surface area contributed by atoms with Gasteiger partial charge < -0.3 is 10.6 Å². The Balaban J connectivity index is 2.42. The number of unbranched alkanes of at least 4 members (excludes halogenated alkanes) is 3. The van der Waals surface area contributed by atoms with E-state index < -0.39 is 0 Å². The fraction of sp³-hybridized carbons (Fsp3) is 0.533. The van der Waals surface area contributed by atoms with Crippen LogP contribution in [0.25, 0.3) is 0 Å². The summed E-state index contributed by atoms with van der Waals surface area (Å²) in [5.41, 5.74) is 5.78. The Hall–Kier alpha value is -1.13. The Kier molecular flexibility index (Phi) is 7.55. The van der Waals surface area contributed by atoms with Gasteiger partial charge in [-0.15, -0.1) is 0 Å². The average molecular weight is 301 g/mol. The van der Waals surface area contributed by atoms with E-state index in [0.29, 0.717) is 23.6 Å². The Bertz CT molecular complexity index is 420. The van der Waals surface area contributed by atoms with E-state index in [1.165, 1.54) is 11.0 Å². The molecule has 1 aromatic rings. The van der Waals surface area contributed by atoms with Crippen molar-refractivity contribution < 1.29 is 9.18 Å². The number of hydrogen-bond donors (Lipinski definition) is 1. The molecule has 0 aliphatic carbocycles. The lowest BCUT2D eigenvalue weighted by Crippen LogP contribution is -2.26. The van der Waals surface area contributed by atoms with Crippen LogP contribution in [0.1, 0.15) is 37.7 Å². The van der Waals surface area contributed by atoms with E-state index in [1.807, 2.05) is 0 Å². The third-order valence-corrected chi connectivity index (χ3v) is 3.58. The van der Waals surface area contributed by atoms with Crippen LogP contribution >= 0.6 is 11.6 Å². The molecule has 3 nitrogen and oxygen atoms in total. The van der Waals surface area contributed by atoms with Gasteiger partial charge in [0, 0.05) is 30.6 Å². The summed E-state index contributed by atoms with van der Waals surface area (Å²) >= 11 is 5.95. The first-order valence-electron chi connectivity index (χ1n) is 6.93. The lowest BCUT2D eigenvalue weighted by atomic mass is 10.1. The Labute approximate surface area is 124 Å². The molecule has 0 heterocycles. The molecule has 0 aliphatic rings. The van der Waals surface area contributed by atoms with Crippen molar-refractivity contribution in [2.45, 2.75) is 38.6 Å². The van der Waals surface area contributed by atoms with Crippen LogP contribution in [-0.2, 0) is 11.3 Å². The van der Waals surface area contributed by atoms with Gasteiger partial charge in [-0.3, -0.25) is 4.79 Å². The average Bonchev–Trinajstić information content (AvgIpc) is 2.42. The van der Waals surface area contributed by atoms with E-state index in [4.69, 9.17) is 17.3 Å². The van der Waals surface area contributed by atoms with Gasteiger partial charge in [0.25, 0.3) is 0 Å². The van der Waals surface area contributed by atoms with E-state index in [1.54, 1.807) is 19.2 Å². The topological polar surface area (TPSA) is 46.3 Å². The van der Waals surface area contributed by atoms with Crippen molar-refractivity contribution in [2.75, 3.05) is 13.6 Å². The first-order valence-corrected chi connectivity index (χ1v) is 7.31. The number of amides is 1. The largest absolute Gasteiger partial charge is 0.341 e. The zero-order valence-corrected chi connectivity index (χ0v) is 12.6. The van der Waals surface area contributed by atoms with Crippen LogP contribution in [0.4, 0.5) is 4.39 Å². The third-order valence-electron chi connectivity index (χ3n) is 3.23. The van der Waals surface area contributed by atoms with Gasteiger partial charge in [-0.1, -0.05) is 30.5 Å². The lowest BCUT2D eigenvalue weighted by Gasteiger charge is -2.18. The van der Waals surface area contributed by atoms with E-state index in [-0.39, 0.29) is 18.3 Å². The van der Waals surface area contributed by atoms with Gasteiger partial charge >= 0.3 is 0 Å². The second kappa shape index (κ2) is 8.93. The molecule has 112 valence electrons. The highest BCUT2D eigenvalue weighted by Crippen LogP contribution is 2.20. The first-order chi connectivity index (χ1) is 9.56. The molecule has 0 radical (unpaired) electrons. The van der Waals surface area contributed by atoms with Crippen LogP contribution in [0, 0.1) is 5.82 Å². The summed E-state index contributed by atoms with van der Waals surface area (Å²) in [5, 5.41) is 0.354. The number of carbonyl (C=O) groups is 1. The number of benzene rings is 1. The van der Waals surface area contributed by atoms with Crippen LogP contribution in [0.5, 0.6) is 0 Å². The summed E-state index contributed by atoms with van der Waals surface area (Å²) in [6, 6.07) is 4.54. The zero-order chi connectivity index (χ0) is 15.0. The standard InChI is InChI=1S/C15H22ClFN2O/c1-19(15(20)9-4-2-3-5-10-18)11-12-13(16)7-6-8-14(12)17/h6-8H,2-5,9-11,18H2,1H3. The molecule has 1 aromatic carbocycles. The van der Waals surface area contributed by atoms with E-state index in [0.717, 1.165) is 25.7 Å². The number of nitrogens with two attached hydrogens (primary N) is 1. The van der Waals surface area contributed by atoms with E-state index in [2.05, 4.69) is 0 Å². The maximum absolute atomic E-state index is 13.6. The smallest absolute Gasteiger partial charge is 0.222 e. The van der Waals surface area contributed by atoms with Crippen LogP contribution in [0.3, 0.4) is 0 Å². The lowest BCUT2D eigenvalue weighted by molar-refractivity contribution is -0.130. The van der Waals surface area contributed by atoms with Gasteiger partial charge in [-0.05, 0) is 31.5 Å². The summed E-state index contributed by atoms with van der Waals surface area (Å²) in [6.07, 6.45) is 4.36. The maximum atomic E-state index is 13.6. The van der Waals surface area contributed by atoms with E-state index >= 15 is 0 Å². The summed E-state index contributed by atoms with van der Waals surface area (Å²) in [4.78, 5) is 13.5. The fourth-order valence-corrected chi connectivity index (χ4v) is 2.20. The maximum Gasteiger partial charge on any atom is 0.222 e. The molecule has 5 heteroatoms. The summed E-state index contributed by atoms with van der Waals surface area (Å²) < 4.78 is 13.6. The quantitative estimate of drug-likeness (QED) is 0.748. The predicted octanol–water partition coefficient (Wildman–Crippen LogP) is 3.35. The molecule has 0 aliphatic heterocycles. The summed E-state index contributed by atoms with van der Waals surface area (Å²) in [7, 11) is 1.67. The van der Waals surface area contributed by atoms with Crippen molar-refractivity contribution in [3.05, 3.63) is 34.6 Å². The molecule has 0 saturated heterocycles. The number of rotatable bonds is 8. The van der Waals surface area contributed by atoms with Crippen LogP contribution in [-0.4, -0.2) is 24.4 Å². The molecular formula is C15H22ClFN2O. The molecule has 1 amide bonds. The Morgan fingerprint density at radius 1 is 1.30 bits per heavy atom. The van der Waals surface area contributed by atoms with Gasteiger partial charge in [0.2, 0.25) is 5.91 Å². The second-order valence-corrected chi connectivity index (χ2v) is 5.31. The van der Waals surface area contributed by atoms with Gasteiger partial charge in [0.05, 0.1) is 0 Å². The number of carbonyl (C=O) groups excluding carboxylic acids is 1. The normalized spacial score (nSPS) is 10.6. The van der Waals surface area contributed by atoms with Crippen molar-refractivity contribution in [3.63, 3.8) is 0 Å². The van der Waals surface area contributed by atoms with Crippen molar-refractivity contribution in [2.24, 2.45) is 5.73 Å². The minimum absolute atomic E-state index is 0.0112. The fourth-order valence-electron chi connectivity index (χ4n) is 1.97. The highest BCUT2D eigenvalue weighted by molar-refractivity contribution is 6.31. The Morgan fingerprint density at radius 2 is 2.00 bits per heavy atom. The van der Waals surface area contributed by atoms with Crippen molar-refractivity contribution in [1.82, 2.24) is 4.90 Å². The van der Waals surface area contributed by atoms with Gasteiger partial charge in [-0.2, -0.15) is 0 Å². The molecule has 0 atom stereocenters. The van der Waals surface area contributed by atoms with Gasteiger partial charge in [0.1, 0.15) is 5.82 Å². The minimum Gasteiger partial charge on any atom is -0.341 e. The van der Waals surface area contributed by atoms with Crippen LogP contribution in [0.2, 0.25) is 5.02 Å². The SMILES string of the molecule is CN(Cc1c(F)cccc1Cl)C(=O)CCCCCCN. The molecule has 2 N–H and O–H groups in total. The zero-order valence-electron chi connectivity index (χ0n) is 11.9. The number of nitrogens with zero attached hydrogens (tertiary/aromatic N) is 1. The first kappa shape index (κ1) is 16.9. The van der Waals surface area contributed by atoms with Crippen molar-refractivity contribution in [1.29, 1.82) is 0 Å². The third kappa shape index (κ3) is 5.47. The number of hydrogen-bond acceptors (Lipinski definition) is 2. The summed E-state index contributed by atoms with van der Waals surface area (Å²) in [6.45, 7) is 0.896. The van der Waals surface area contributed by atoms with Crippen LogP contribution in [0.15, 0.2) is 18.2 Å². The van der Waals surface area contributed by atoms with Crippen LogP contribution < -0.4 is 5.73 Å². The molecule has 0 unspecified atom stereocenters. The molecule has 1 rings (SSSR count). The van der Waals surface area contributed by atoms with Gasteiger partial charge in [-0.25, -0.2) is 4.39 Å². The van der Waals surface area contributed by atoms with Crippen molar-refractivity contribution in [3.8, 4) is 0 Å². The highest BCUT2D eigenvalue weighted by atomic mass is 35.5. The molecule has 0 spiro atoms. The molecular weight excluding hydrogens is 279 g/mol. The molecule has 0 fully saturated rings. The van der Waals surface area contributed by atoms with Crippen molar-refractivity contribution >= 4 is 17.5 Å². The molecule has 0 saturated carbocycles. The minimum atomic E-state index is -0.375. The molecule has 0 aromatic heterocycles. The monoisotopic (exact) mass is 300 g/mol. The van der Waals surface area contributed by atoms with E-state index in [9.17, 15) is 9.18 Å². The predicted molar refractivity (Wildman–Crippen MR) is 80.0 cm³/mol.